The number of aliphatic hydroxyl groups excluding tert-OH is 2. The molecule has 2 aromatic carbocycles. The summed E-state index contributed by atoms with van der Waals surface area (Å²) in [5, 5.41) is 23.4. The second-order valence-corrected chi connectivity index (χ2v) is 16.5. The van der Waals surface area contributed by atoms with Gasteiger partial charge < -0.3 is 25.0 Å². The van der Waals surface area contributed by atoms with Crippen molar-refractivity contribution >= 4 is 35.8 Å². The smallest absolute Gasteiger partial charge is 0.243 e. The summed E-state index contributed by atoms with van der Waals surface area (Å²) in [7, 11) is -7.26. The summed E-state index contributed by atoms with van der Waals surface area (Å²) >= 11 is 3.42. The van der Waals surface area contributed by atoms with Gasteiger partial charge in [0, 0.05) is 30.1 Å². The van der Waals surface area contributed by atoms with Crippen molar-refractivity contribution in [1.29, 1.82) is 0 Å². The number of benzene rings is 2. The van der Waals surface area contributed by atoms with Crippen molar-refractivity contribution < 1.29 is 36.5 Å². The summed E-state index contributed by atoms with van der Waals surface area (Å²) in [6.07, 6.45) is 1.96. The third kappa shape index (κ3) is 6.23. The minimum Gasteiger partial charge on any atom is -0.491 e. The van der Waals surface area contributed by atoms with Crippen LogP contribution in [0.25, 0.3) is 0 Å². The molecule has 5 rings (SSSR count). The van der Waals surface area contributed by atoms with Crippen LogP contribution >= 0.6 is 15.9 Å². The van der Waals surface area contributed by atoms with Crippen LogP contribution in [0.5, 0.6) is 5.75 Å². The number of piperidine rings is 1. The van der Waals surface area contributed by atoms with E-state index in [0.29, 0.717) is 61.6 Å². The van der Waals surface area contributed by atoms with Crippen LogP contribution in [-0.2, 0) is 24.6 Å². The number of ether oxygens (including phenoxy) is 2. The predicted molar refractivity (Wildman–Crippen MR) is 156 cm³/mol. The van der Waals surface area contributed by atoms with Gasteiger partial charge in [0.1, 0.15) is 18.5 Å². The van der Waals surface area contributed by atoms with E-state index in [9.17, 15) is 27.0 Å². The van der Waals surface area contributed by atoms with E-state index >= 15 is 0 Å². The molecule has 0 aromatic heterocycles. The lowest BCUT2D eigenvalue weighted by atomic mass is 9.88. The molecule has 3 aliphatic rings. The quantitative estimate of drug-likeness (QED) is 0.328. The molecular weight excluding hydrogens is 636 g/mol. The Balaban J connectivity index is 1.08. The van der Waals surface area contributed by atoms with Crippen LogP contribution in [0.4, 0.5) is 0 Å². The van der Waals surface area contributed by atoms with Gasteiger partial charge in [-0.2, -0.15) is 4.31 Å². The first-order valence-corrected chi connectivity index (χ1v) is 17.5. The minimum absolute atomic E-state index is 0.0156. The molecule has 2 atom stereocenters. The Morgan fingerprint density at radius 1 is 1.12 bits per heavy atom. The molecule has 41 heavy (non-hydrogen) atoms. The van der Waals surface area contributed by atoms with Gasteiger partial charge in [-0.15, -0.1) is 0 Å². The fraction of sp³-hybridized carbons (Fsp3) is 0.571. The Morgan fingerprint density at radius 2 is 1.83 bits per heavy atom. The third-order valence-corrected chi connectivity index (χ3v) is 14.0. The van der Waals surface area contributed by atoms with E-state index in [1.54, 1.807) is 31.2 Å². The zero-order valence-electron chi connectivity index (χ0n) is 23.0. The molecule has 3 N–H and O–H groups in total. The highest BCUT2D eigenvalue weighted by Gasteiger charge is 2.54. The van der Waals surface area contributed by atoms with E-state index in [1.165, 1.54) is 16.4 Å². The Labute approximate surface area is 250 Å². The second-order valence-electron chi connectivity index (χ2n) is 11.4. The van der Waals surface area contributed by atoms with Crippen molar-refractivity contribution in [3.8, 4) is 5.75 Å². The molecule has 0 bridgehead atoms. The first-order valence-electron chi connectivity index (χ1n) is 13.8. The molecule has 0 amide bonds. The second kappa shape index (κ2) is 11.8. The van der Waals surface area contributed by atoms with E-state index in [-0.39, 0.29) is 24.1 Å². The fourth-order valence-corrected chi connectivity index (χ4v) is 9.68. The minimum atomic E-state index is -3.66. The maximum atomic E-state index is 13.3. The zero-order valence-corrected chi connectivity index (χ0v) is 26.2. The number of rotatable bonds is 11. The maximum Gasteiger partial charge on any atom is 0.243 e. The van der Waals surface area contributed by atoms with Crippen molar-refractivity contribution in [3.63, 3.8) is 0 Å². The van der Waals surface area contributed by atoms with Crippen molar-refractivity contribution in [3.05, 3.63) is 52.5 Å². The highest BCUT2D eigenvalue weighted by Crippen LogP contribution is 2.46. The molecule has 0 unspecified atom stereocenters. The average Bonchev–Trinajstić information content (AvgIpc) is 3.69. The normalized spacial score (nSPS) is 23.0. The van der Waals surface area contributed by atoms with Crippen LogP contribution in [0, 0.1) is 6.92 Å². The molecule has 13 heteroatoms. The number of nitrogens with zero attached hydrogens (tertiary/aromatic N) is 1. The van der Waals surface area contributed by atoms with Crippen molar-refractivity contribution in [2.75, 3.05) is 39.5 Å². The number of nitrogens with one attached hydrogen (secondary N) is 1. The van der Waals surface area contributed by atoms with Crippen LogP contribution in [0.2, 0.25) is 0 Å². The number of aliphatic hydroxyl groups is 2. The van der Waals surface area contributed by atoms with E-state index in [2.05, 4.69) is 21.2 Å². The Kier molecular flexibility index (Phi) is 8.91. The van der Waals surface area contributed by atoms with Gasteiger partial charge in [-0.3, -0.25) is 0 Å². The molecule has 2 heterocycles. The summed E-state index contributed by atoms with van der Waals surface area (Å²) in [5.74, 6) is 0.335. The van der Waals surface area contributed by atoms with E-state index in [0.717, 1.165) is 10.9 Å². The Hall–Kier alpha value is -1.58. The molecule has 0 radical (unpaired) electrons. The van der Waals surface area contributed by atoms with Crippen LogP contribution in [0.3, 0.4) is 0 Å². The van der Waals surface area contributed by atoms with Gasteiger partial charge in [0.2, 0.25) is 10.0 Å². The van der Waals surface area contributed by atoms with Crippen LogP contribution in [-0.4, -0.2) is 93.3 Å². The van der Waals surface area contributed by atoms with Crippen LogP contribution in [0.15, 0.2) is 56.7 Å². The van der Waals surface area contributed by atoms with Crippen molar-refractivity contribution in [2.24, 2.45) is 0 Å². The molecule has 3 fully saturated rings. The van der Waals surface area contributed by atoms with Crippen LogP contribution < -0.4 is 10.1 Å². The number of hydrogen-bond acceptors (Lipinski definition) is 9. The number of sulfone groups is 1. The lowest BCUT2D eigenvalue weighted by molar-refractivity contribution is -0.0312. The van der Waals surface area contributed by atoms with Crippen LogP contribution in [0.1, 0.15) is 37.7 Å². The van der Waals surface area contributed by atoms with E-state index < -0.39 is 42.9 Å². The van der Waals surface area contributed by atoms with Gasteiger partial charge in [0.25, 0.3) is 0 Å². The Bertz CT molecular complexity index is 1470. The van der Waals surface area contributed by atoms with Gasteiger partial charge in [0.15, 0.2) is 9.84 Å². The lowest BCUT2D eigenvalue weighted by Crippen LogP contribution is -2.47. The lowest BCUT2D eigenvalue weighted by Gasteiger charge is -2.38. The maximum absolute atomic E-state index is 13.3. The van der Waals surface area contributed by atoms with Gasteiger partial charge in [-0.1, -0.05) is 28.1 Å². The molecule has 1 spiro atoms. The first-order chi connectivity index (χ1) is 19.4. The van der Waals surface area contributed by atoms with Gasteiger partial charge in [-0.05, 0) is 74.9 Å². The molecule has 10 nitrogen and oxygen atoms in total. The third-order valence-electron chi connectivity index (χ3n) is 8.54. The highest BCUT2D eigenvalue weighted by atomic mass is 79.9. The standard InChI is InChI=1S/C28H37BrN2O8S2/c1-20-25(29)6-3-7-26(20)41(36,37)31-12-10-27(11-13-31)15-21(17-39-27)30-16-22(33)18-38-23-4-2-5-24(14-23)40(34,35)28(19-32)8-9-28/h2-7,14,21-22,30,32-33H,8-13,15-19H2,1H3/t21-,22+/m1/s1. The first kappa shape index (κ1) is 30.9. The fourth-order valence-electron chi connectivity index (χ4n) is 5.65. The summed E-state index contributed by atoms with van der Waals surface area (Å²) in [4.78, 5) is 0.421. The Morgan fingerprint density at radius 3 is 2.51 bits per heavy atom. The molecule has 226 valence electrons. The molecular formula is C28H37BrN2O8S2. The number of hydrogen-bond donors (Lipinski definition) is 3. The molecule has 2 aromatic rings. The average molecular weight is 674 g/mol. The highest BCUT2D eigenvalue weighted by molar-refractivity contribution is 9.10. The number of sulfonamides is 1. The molecule has 2 aliphatic heterocycles. The van der Waals surface area contributed by atoms with Gasteiger partial charge in [-0.25, -0.2) is 16.8 Å². The zero-order chi connectivity index (χ0) is 29.5. The monoisotopic (exact) mass is 672 g/mol. The van der Waals surface area contributed by atoms with E-state index in [1.807, 2.05) is 6.07 Å². The van der Waals surface area contributed by atoms with Crippen molar-refractivity contribution in [1.82, 2.24) is 9.62 Å². The van der Waals surface area contributed by atoms with E-state index in [4.69, 9.17) is 9.47 Å². The molecule has 1 saturated carbocycles. The van der Waals surface area contributed by atoms with Gasteiger partial charge in [0.05, 0.1) is 33.4 Å². The molecule has 1 aliphatic carbocycles. The number of halogens is 1. The summed E-state index contributed by atoms with van der Waals surface area (Å²) < 4.78 is 65.3. The van der Waals surface area contributed by atoms with Gasteiger partial charge >= 0.3 is 0 Å². The summed E-state index contributed by atoms with van der Waals surface area (Å²) in [6, 6.07) is 11.4. The largest absolute Gasteiger partial charge is 0.491 e. The topological polar surface area (TPSA) is 142 Å². The summed E-state index contributed by atoms with van der Waals surface area (Å²) in [6.45, 7) is 2.86. The SMILES string of the molecule is Cc1c(Br)cccc1S(=O)(=O)N1CCC2(CC1)C[C@@H](NC[C@H](O)COc1cccc(S(=O)(=O)C3(CO)CC3)c1)CO2. The summed E-state index contributed by atoms with van der Waals surface area (Å²) in [5.41, 5.74) is 0.305. The van der Waals surface area contributed by atoms with Crippen molar-refractivity contribution in [2.45, 2.75) is 71.3 Å². The molecule has 2 saturated heterocycles. The predicted octanol–water partition coefficient (Wildman–Crippen LogP) is 2.40.